The second kappa shape index (κ2) is 12.0. The summed E-state index contributed by atoms with van der Waals surface area (Å²) in [5.74, 6) is 0.680. The van der Waals surface area contributed by atoms with Gasteiger partial charge in [0.1, 0.15) is 12.2 Å². The molecule has 1 heterocycles. The van der Waals surface area contributed by atoms with E-state index in [-0.39, 0.29) is 36.0 Å². The number of aliphatic hydroxyl groups is 1. The van der Waals surface area contributed by atoms with E-state index in [0.29, 0.717) is 30.6 Å². The fraction of sp³-hybridized carbons (Fsp3) is 0.778. The molecular weight excluding hydrogens is 404 g/mol. The van der Waals surface area contributed by atoms with Crippen LogP contribution in [0.4, 0.5) is 0 Å². The van der Waals surface area contributed by atoms with Gasteiger partial charge in [-0.25, -0.2) is 0 Å². The molecule has 5 heteroatoms. The summed E-state index contributed by atoms with van der Waals surface area (Å²) in [6.45, 7) is 14.4. The van der Waals surface area contributed by atoms with Crippen molar-refractivity contribution in [1.82, 2.24) is 0 Å². The molecule has 182 valence electrons. The van der Waals surface area contributed by atoms with E-state index in [9.17, 15) is 14.7 Å². The standard InChI is InChI=1S/C25H38O5.C2H6/c1-6-15(3)25(28)30-22-13-19(26)12-18-11-16(4)17(5)21(24(18)22)8-7-20-9-14(2)10-23(27)29-20;1-2/h11-12,14-15,17,19-22,24,26H,6-10,13H2,1-5H3;1-2H3. The highest BCUT2D eigenvalue weighted by molar-refractivity contribution is 5.72. The number of carbonyl (C=O) groups is 2. The molecule has 8 atom stereocenters. The van der Waals surface area contributed by atoms with E-state index in [1.807, 2.05) is 33.8 Å². The highest BCUT2D eigenvalue weighted by Crippen LogP contribution is 2.46. The van der Waals surface area contributed by atoms with Crippen LogP contribution in [0.1, 0.15) is 87.0 Å². The third-order valence-electron chi connectivity index (χ3n) is 7.44. The zero-order valence-corrected chi connectivity index (χ0v) is 21.1. The number of allylic oxidation sites excluding steroid dienone is 2. The first-order chi connectivity index (χ1) is 15.2. The number of carbonyl (C=O) groups excluding carboxylic acids is 2. The van der Waals surface area contributed by atoms with Crippen LogP contribution in [-0.2, 0) is 19.1 Å². The molecule has 8 unspecified atom stereocenters. The summed E-state index contributed by atoms with van der Waals surface area (Å²) in [4.78, 5) is 24.4. The molecular formula is C27H44O5. The Labute approximate surface area is 194 Å². The zero-order chi connectivity index (χ0) is 24.0. The first-order valence-corrected chi connectivity index (χ1v) is 12.7. The minimum Gasteiger partial charge on any atom is -0.462 e. The highest BCUT2D eigenvalue weighted by Gasteiger charge is 2.43. The van der Waals surface area contributed by atoms with E-state index in [0.717, 1.165) is 31.3 Å². The average molecular weight is 449 g/mol. The summed E-state index contributed by atoms with van der Waals surface area (Å²) in [7, 11) is 0. The average Bonchev–Trinajstić information content (AvgIpc) is 2.74. The minimum atomic E-state index is -0.593. The molecule has 3 aliphatic rings. The molecule has 0 aromatic carbocycles. The van der Waals surface area contributed by atoms with Gasteiger partial charge in [0.25, 0.3) is 0 Å². The van der Waals surface area contributed by atoms with Crippen molar-refractivity contribution >= 4 is 11.9 Å². The maximum absolute atomic E-state index is 12.6. The summed E-state index contributed by atoms with van der Waals surface area (Å²) in [5.41, 5.74) is 2.38. The van der Waals surface area contributed by atoms with Crippen LogP contribution in [-0.4, -0.2) is 35.4 Å². The van der Waals surface area contributed by atoms with Gasteiger partial charge in [-0.15, -0.1) is 0 Å². The van der Waals surface area contributed by atoms with Gasteiger partial charge in [-0.2, -0.15) is 0 Å². The molecule has 0 amide bonds. The first kappa shape index (κ1) is 26.6. The van der Waals surface area contributed by atoms with Crippen LogP contribution in [0.5, 0.6) is 0 Å². The van der Waals surface area contributed by atoms with Crippen LogP contribution >= 0.6 is 0 Å². The monoisotopic (exact) mass is 448 g/mol. The highest BCUT2D eigenvalue weighted by atomic mass is 16.5. The van der Waals surface area contributed by atoms with Crippen molar-refractivity contribution in [1.29, 1.82) is 0 Å². The van der Waals surface area contributed by atoms with E-state index in [1.165, 1.54) is 5.57 Å². The predicted octanol–water partition coefficient (Wildman–Crippen LogP) is 5.61. The van der Waals surface area contributed by atoms with Gasteiger partial charge in [0.05, 0.1) is 12.0 Å². The SMILES string of the molecule is CC.CCC(C)C(=O)OC1CC(O)C=C2C=C(C)C(C)C(CCC3CC(C)CC(=O)O3)C21. The number of rotatable bonds is 6. The Hall–Kier alpha value is -1.62. The lowest BCUT2D eigenvalue weighted by molar-refractivity contribution is -0.161. The zero-order valence-electron chi connectivity index (χ0n) is 21.1. The second-order valence-corrected chi connectivity index (χ2v) is 9.86. The number of aliphatic hydroxyl groups excluding tert-OH is 1. The molecule has 0 aromatic rings. The van der Waals surface area contributed by atoms with E-state index in [2.05, 4.69) is 26.8 Å². The van der Waals surface area contributed by atoms with Crippen LogP contribution in [0.2, 0.25) is 0 Å². The molecule has 1 aliphatic heterocycles. The molecule has 0 radical (unpaired) electrons. The summed E-state index contributed by atoms with van der Waals surface area (Å²) in [5, 5.41) is 10.4. The molecule has 2 aliphatic carbocycles. The second-order valence-electron chi connectivity index (χ2n) is 9.86. The van der Waals surface area contributed by atoms with Gasteiger partial charge < -0.3 is 14.6 Å². The summed E-state index contributed by atoms with van der Waals surface area (Å²) < 4.78 is 11.6. The third-order valence-corrected chi connectivity index (χ3v) is 7.44. The molecule has 3 rings (SSSR count). The Morgan fingerprint density at radius 3 is 2.56 bits per heavy atom. The quantitative estimate of drug-likeness (QED) is 0.535. The number of fused-ring (bicyclic) bond motifs is 1. The summed E-state index contributed by atoms with van der Waals surface area (Å²) in [6.07, 6.45) is 7.53. The number of hydrogen-bond acceptors (Lipinski definition) is 5. The normalized spacial score (nSPS) is 35.2. The van der Waals surface area contributed by atoms with Crippen molar-refractivity contribution < 1.29 is 24.2 Å². The fourth-order valence-electron chi connectivity index (χ4n) is 5.35. The fourth-order valence-corrected chi connectivity index (χ4v) is 5.35. The van der Waals surface area contributed by atoms with Gasteiger partial charge in [0, 0.05) is 18.8 Å². The number of esters is 2. The Kier molecular flexibility index (Phi) is 10.00. The van der Waals surface area contributed by atoms with Gasteiger partial charge in [0.2, 0.25) is 0 Å². The van der Waals surface area contributed by atoms with Crippen molar-refractivity contribution in [3.8, 4) is 0 Å². The number of hydrogen-bond donors (Lipinski definition) is 1. The van der Waals surface area contributed by atoms with Crippen LogP contribution in [0, 0.1) is 29.6 Å². The topological polar surface area (TPSA) is 72.8 Å². The van der Waals surface area contributed by atoms with Crippen molar-refractivity contribution in [2.75, 3.05) is 0 Å². The van der Waals surface area contributed by atoms with Crippen molar-refractivity contribution in [3.05, 3.63) is 23.3 Å². The maximum atomic E-state index is 12.6. The van der Waals surface area contributed by atoms with Crippen molar-refractivity contribution in [2.24, 2.45) is 29.6 Å². The lowest BCUT2D eigenvalue weighted by Gasteiger charge is -2.44. The van der Waals surface area contributed by atoms with E-state index in [1.54, 1.807) is 0 Å². The van der Waals surface area contributed by atoms with Gasteiger partial charge in [0.15, 0.2) is 0 Å². The van der Waals surface area contributed by atoms with Crippen molar-refractivity contribution in [3.63, 3.8) is 0 Å². The molecule has 1 saturated heterocycles. The first-order valence-electron chi connectivity index (χ1n) is 12.7. The molecule has 0 spiro atoms. The molecule has 0 aromatic heterocycles. The Bertz CT molecular complexity index is 709. The predicted molar refractivity (Wildman–Crippen MR) is 127 cm³/mol. The molecule has 1 N–H and O–H groups in total. The lowest BCUT2D eigenvalue weighted by atomic mass is 9.64. The van der Waals surface area contributed by atoms with Crippen LogP contribution in [0.3, 0.4) is 0 Å². The maximum Gasteiger partial charge on any atom is 0.308 e. The molecule has 0 saturated carbocycles. The van der Waals surface area contributed by atoms with E-state index in [4.69, 9.17) is 9.47 Å². The molecule has 5 nitrogen and oxygen atoms in total. The van der Waals surface area contributed by atoms with E-state index < -0.39 is 6.10 Å². The number of ether oxygens (including phenoxy) is 2. The lowest BCUT2D eigenvalue weighted by Crippen LogP contribution is -2.44. The Morgan fingerprint density at radius 1 is 1.25 bits per heavy atom. The largest absolute Gasteiger partial charge is 0.462 e. The van der Waals surface area contributed by atoms with Gasteiger partial charge >= 0.3 is 11.9 Å². The summed E-state index contributed by atoms with van der Waals surface area (Å²) >= 11 is 0. The van der Waals surface area contributed by atoms with Crippen LogP contribution in [0.15, 0.2) is 23.3 Å². The van der Waals surface area contributed by atoms with Gasteiger partial charge in [-0.1, -0.05) is 59.3 Å². The smallest absolute Gasteiger partial charge is 0.308 e. The van der Waals surface area contributed by atoms with E-state index >= 15 is 0 Å². The third kappa shape index (κ3) is 6.46. The summed E-state index contributed by atoms with van der Waals surface area (Å²) in [6, 6.07) is 0. The molecule has 1 fully saturated rings. The van der Waals surface area contributed by atoms with Crippen LogP contribution in [0.25, 0.3) is 0 Å². The van der Waals surface area contributed by atoms with Gasteiger partial charge in [-0.3, -0.25) is 9.59 Å². The van der Waals surface area contributed by atoms with Gasteiger partial charge in [-0.05, 0) is 55.9 Å². The molecule has 0 bridgehead atoms. The number of cyclic esters (lactones) is 1. The molecule has 32 heavy (non-hydrogen) atoms. The minimum absolute atomic E-state index is 0.0256. The Morgan fingerprint density at radius 2 is 1.94 bits per heavy atom. The van der Waals surface area contributed by atoms with Crippen LogP contribution < -0.4 is 0 Å². The van der Waals surface area contributed by atoms with Crippen molar-refractivity contribution in [2.45, 2.75) is 105 Å². The Balaban J connectivity index is 0.00000176.